The van der Waals surface area contributed by atoms with E-state index in [0.717, 1.165) is 18.8 Å². The molecule has 0 amide bonds. The Morgan fingerprint density at radius 1 is 1.31 bits per heavy atom. The van der Waals surface area contributed by atoms with Crippen molar-refractivity contribution in [1.29, 1.82) is 0 Å². The molecule has 1 unspecified atom stereocenters. The monoisotopic (exact) mass is 221 g/mol. The molecule has 4 heteroatoms. The van der Waals surface area contributed by atoms with Crippen LogP contribution in [0.2, 0.25) is 0 Å². The summed E-state index contributed by atoms with van der Waals surface area (Å²) in [5.74, 6) is 1.02. The van der Waals surface area contributed by atoms with Crippen molar-refractivity contribution in [3.63, 3.8) is 0 Å². The number of fused-ring (bicyclic) bond motifs is 3. The van der Waals surface area contributed by atoms with Crippen LogP contribution in [0, 0.1) is 0 Å². The standard InChI is InChI=1S/C12H19N3O/c1-2-12(16-7-1)9-13-8-11-10-14-3-5-15(11)6-4-14/h1-2,7,11,13H,3-6,8-10H2. The highest BCUT2D eigenvalue weighted by atomic mass is 16.3. The van der Waals surface area contributed by atoms with Crippen LogP contribution in [-0.4, -0.2) is 55.1 Å². The molecule has 4 nitrogen and oxygen atoms in total. The first kappa shape index (κ1) is 10.3. The van der Waals surface area contributed by atoms with E-state index < -0.39 is 0 Å². The minimum Gasteiger partial charge on any atom is -0.468 e. The van der Waals surface area contributed by atoms with E-state index in [4.69, 9.17) is 4.42 Å². The first-order valence-corrected chi connectivity index (χ1v) is 6.11. The maximum absolute atomic E-state index is 5.30. The molecule has 0 aliphatic carbocycles. The number of furan rings is 1. The molecule has 3 fully saturated rings. The number of rotatable bonds is 4. The summed E-state index contributed by atoms with van der Waals surface area (Å²) in [6, 6.07) is 4.65. The summed E-state index contributed by atoms with van der Waals surface area (Å²) >= 11 is 0. The summed E-state index contributed by atoms with van der Waals surface area (Å²) in [4.78, 5) is 5.17. The molecule has 0 saturated carbocycles. The summed E-state index contributed by atoms with van der Waals surface area (Å²) in [5, 5.41) is 3.48. The SMILES string of the molecule is c1coc(CNCC2CN3CCN2CC3)c1. The van der Waals surface area contributed by atoms with Gasteiger partial charge in [-0.05, 0) is 12.1 Å². The van der Waals surface area contributed by atoms with Crippen molar-refractivity contribution in [2.75, 3.05) is 39.3 Å². The molecule has 1 atom stereocenters. The van der Waals surface area contributed by atoms with Crippen molar-refractivity contribution in [2.24, 2.45) is 0 Å². The zero-order valence-electron chi connectivity index (χ0n) is 9.56. The predicted octanol–water partition coefficient (Wildman–Crippen LogP) is 0.369. The third kappa shape index (κ3) is 2.14. The van der Waals surface area contributed by atoms with Gasteiger partial charge >= 0.3 is 0 Å². The minimum atomic E-state index is 0.692. The van der Waals surface area contributed by atoms with Gasteiger partial charge in [0.1, 0.15) is 5.76 Å². The van der Waals surface area contributed by atoms with E-state index in [1.165, 1.54) is 32.7 Å². The number of nitrogens with zero attached hydrogens (tertiary/aromatic N) is 2. The smallest absolute Gasteiger partial charge is 0.117 e. The highest BCUT2D eigenvalue weighted by Gasteiger charge is 2.31. The summed E-state index contributed by atoms with van der Waals surface area (Å²) in [6.45, 7) is 8.14. The molecule has 0 spiro atoms. The Bertz CT molecular complexity index is 317. The molecule has 2 bridgehead atoms. The average molecular weight is 221 g/mol. The van der Waals surface area contributed by atoms with Crippen LogP contribution in [0.4, 0.5) is 0 Å². The van der Waals surface area contributed by atoms with Gasteiger partial charge in [0.2, 0.25) is 0 Å². The van der Waals surface area contributed by atoms with Gasteiger partial charge in [-0.1, -0.05) is 0 Å². The fraction of sp³-hybridized carbons (Fsp3) is 0.667. The second kappa shape index (κ2) is 4.57. The van der Waals surface area contributed by atoms with Crippen molar-refractivity contribution in [1.82, 2.24) is 15.1 Å². The zero-order valence-corrected chi connectivity index (χ0v) is 9.56. The largest absolute Gasteiger partial charge is 0.468 e. The van der Waals surface area contributed by atoms with Crippen LogP contribution in [0.1, 0.15) is 5.76 Å². The highest BCUT2D eigenvalue weighted by Crippen LogP contribution is 2.14. The molecule has 1 N–H and O–H groups in total. The van der Waals surface area contributed by atoms with E-state index in [0.29, 0.717) is 6.04 Å². The maximum atomic E-state index is 5.30. The van der Waals surface area contributed by atoms with Gasteiger partial charge in [0.15, 0.2) is 0 Å². The third-order valence-electron chi connectivity index (χ3n) is 3.65. The molecule has 3 aliphatic rings. The molecule has 4 rings (SSSR count). The second-order valence-electron chi connectivity index (χ2n) is 4.70. The molecule has 88 valence electrons. The summed E-state index contributed by atoms with van der Waals surface area (Å²) in [6.07, 6.45) is 1.73. The molecule has 0 radical (unpaired) electrons. The lowest BCUT2D eigenvalue weighted by atomic mass is 10.1. The lowest BCUT2D eigenvalue weighted by Crippen LogP contribution is -2.63. The number of nitrogens with one attached hydrogen (secondary N) is 1. The third-order valence-corrected chi connectivity index (χ3v) is 3.65. The highest BCUT2D eigenvalue weighted by molar-refractivity contribution is 4.98. The molecule has 16 heavy (non-hydrogen) atoms. The minimum absolute atomic E-state index is 0.692. The van der Waals surface area contributed by atoms with Crippen molar-refractivity contribution in [3.05, 3.63) is 24.2 Å². The van der Waals surface area contributed by atoms with Crippen LogP contribution < -0.4 is 5.32 Å². The fourth-order valence-electron chi connectivity index (χ4n) is 2.69. The molecule has 1 aromatic heterocycles. The molecular formula is C12H19N3O. The van der Waals surface area contributed by atoms with Crippen molar-refractivity contribution < 1.29 is 4.42 Å². The van der Waals surface area contributed by atoms with Gasteiger partial charge < -0.3 is 9.73 Å². The molecule has 4 heterocycles. The van der Waals surface area contributed by atoms with Gasteiger partial charge in [0.05, 0.1) is 12.8 Å². The Morgan fingerprint density at radius 2 is 2.19 bits per heavy atom. The summed E-state index contributed by atoms with van der Waals surface area (Å²) in [5.41, 5.74) is 0. The van der Waals surface area contributed by atoms with Gasteiger partial charge in [0, 0.05) is 45.3 Å². The van der Waals surface area contributed by atoms with E-state index in [9.17, 15) is 0 Å². The fourth-order valence-corrected chi connectivity index (χ4v) is 2.69. The predicted molar refractivity (Wildman–Crippen MR) is 62.2 cm³/mol. The molecule has 3 aliphatic heterocycles. The summed E-state index contributed by atoms with van der Waals surface area (Å²) in [7, 11) is 0. The molecule has 1 aromatic rings. The lowest BCUT2D eigenvalue weighted by molar-refractivity contribution is 0.0135. The Hall–Kier alpha value is -0.840. The maximum Gasteiger partial charge on any atom is 0.117 e. The van der Waals surface area contributed by atoms with Crippen molar-refractivity contribution >= 4 is 0 Å². The van der Waals surface area contributed by atoms with Gasteiger partial charge in [-0.15, -0.1) is 0 Å². The Kier molecular flexibility index (Phi) is 2.95. The van der Waals surface area contributed by atoms with Crippen molar-refractivity contribution in [2.45, 2.75) is 12.6 Å². The van der Waals surface area contributed by atoms with Crippen LogP contribution in [-0.2, 0) is 6.54 Å². The number of hydrogen-bond acceptors (Lipinski definition) is 4. The van der Waals surface area contributed by atoms with E-state index >= 15 is 0 Å². The Labute approximate surface area is 96.2 Å². The van der Waals surface area contributed by atoms with Crippen LogP contribution in [0.25, 0.3) is 0 Å². The van der Waals surface area contributed by atoms with Gasteiger partial charge in [0.25, 0.3) is 0 Å². The molecule has 3 saturated heterocycles. The van der Waals surface area contributed by atoms with Crippen LogP contribution in [0.5, 0.6) is 0 Å². The topological polar surface area (TPSA) is 31.7 Å². The Morgan fingerprint density at radius 3 is 2.81 bits per heavy atom. The first-order chi connectivity index (χ1) is 7.92. The van der Waals surface area contributed by atoms with Gasteiger partial charge in [-0.2, -0.15) is 0 Å². The van der Waals surface area contributed by atoms with Crippen LogP contribution in [0.3, 0.4) is 0 Å². The second-order valence-corrected chi connectivity index (χ2v) is 4.70. The Balaban J connectivity index is 1.45. The van der Waals surface area contributed by atoms with Crippen molar-refractivity contribution in [3.8, 4) is 0 Å². The van der Waals surface area contributed by atoms with E-state index in [1.54, 1.807) is 6.26 Å². The first-order valence-electron chi connectivity index (χ1n) is 6.11. The molecular weight excluding hydrogens is 202 g/mol. The number of hydrogen-bond donors (Lipinski definition) is 1. The quantitative estimate of drug-likeness (QED) is 0.796. The average Bonchev–Trinajstić information content (AvgIpc) is 2.84. The lowest BCUT2D eigenvalue weighted by Gasteiger charge is -2.47. The number of piperazine rings is 3. The van der Waals surface area contributed by atoms with E-state index in [-0.39, 0.29) is 0 Å². The van der Waals surface area contributed by atoms with Gasteiger partial charge in [-0.25, -0.2) is 0 Å². The van der Waals surface area contributed by atoms with Crippen LogP contribution in [0.15, 0.2) is 22.8 Å². The summed E-state index contributed by atoms with van der Waals surface area (Å²) < 4.78 is 5.30. The normalized spacial score (nSPS) is 33.1. The zero-order chi connectivity index (χ0) is 10.8. The van der Waals surface area contributed by atoms with E-state index in [1.807, 2.05) is 12.1 Å². The molecule has 0 aromatic carbocycles. The van der Waals surface area contributed by atoms with Gasteiger partial charge in [-0.3, -0.25) is 9.80 Å². The van der Waals surface area contributed by atoms with Crippen LogP contribution >= 0.6 is 0 Å². The van der Waals surface area contributed by atoms with E-state index in [2.05, 4.69) is 15.1 Å².